The lowest BCUT2D eigenvalue weighted by Gasteiger charge is -2.05. The molecule has 0 fully saturated rings. The molecule has 23 heavy (non-hydrogen) atoms. The molecule has 0 bridgehead atoms. The van der Waals surface area contributed by atoms with E-state index in [9.17, 15) is 19.7 Å². The summed E-state index contributed by atoms with van der Waals surface area (Å²) in [5.74, 6) is -1.24. The third kappa shape index (κ3) is 3.28. The number of esters is 1. The van der Waals surface area contributed by atoms with Gasteiger partial charge in [-0.15, -0.1) is 0 Å². The van der Waals surface area contributed by atoms with E-state index in [2.05, 4.69) is 0 Å². The average Bonchev–Trinajstić information content (AvgIpc) is 2.79. The highest BCUT2D eigenvalue weighted by Crippen LogP contribution is 2.19. The van der Waals surface area contributed by atoms with Gasteiger partial charge in [0.1, 0.15) is 5.56 Å². The van der Waals surface area contributed by atoms with E-state index in [4.69, 9.17) is 4.74 Å². The van der Waals surface area contributed by atoms with Gasteiger partial charge >= 0.3 is 5.97 Å². The molecule has 120 valence electrons. The molecular formula is C16H16N2O5. The molecule has 0 radical (unpaired) electrons. The molecule has 0 aliphatic carbocycles. The summed E-state index contributed by atoms with van der Waals surface area (Å²) in [6.07, 6.45) is 0. The van der Waals surface area contributed by atoms with Gasteiger partial charge in [-0.3, -0.25) is 14.9 Å². The molecular weight excluding hydrogens is 300 g/mol. The molecule has 0 N–H and O–H groups in total. The number of nitrogens with zero attached hydrogens (tertiary/aromatic N) is 2. The minimum absolute atomic E-state index is 0.175. The highest BCUT2D eigenvalue weighted by Gasteiger charge is 2.22. The second-order valence-electron chi connectivity index (χ2n) is 5.12. The number of ether oxygens (including phenoxy) is 1. The summed E-state index contributed by atoms with van der Waals surface area (Å²) in [5.41, 5.74) is 1.63. The van der Waals surface area contributed by atoms with Gasteiger partial charge in [0.2, 0.25) is 5.78 Å². The first-order chi connectivity index (χ1) is 10.8. The first-order valence-corrected chi connectivity index (χ1v) is 6.89. The maximum Gasteiger partial charge on any atom is 0.345 e. The molecule has 0 saturated heterocycles. The average molecular weight is 316 g/mol. The largest absolute Gasteiger partial charge is 0.454 e. The Bertz CT molecular complexity index is 792. The zero-order valence-electron chi connectivity index (χ0n) is 13.0. The maximum atomic E-state index is 12.2. The summed E-state index contributed by atoms with van der Waals surface area (Å²) in [6, 6.07) is 7.18. The Morgan fingerprint density at radius 2 is 1.87 bits per heavy atom. The van der Waals surface area contributed by atoms with Crippen molar-refractivity contribution in [2.45, 2.75) is 13.8 Å². The van der Waals surface area contributed by atoms with Crippen LogP contribution in [0.3, 0.4) is 0 Å². The van der Waals surface area contributed by atoms with Crippen LogP contribution >= 0.6 is 0 Å². The zero-order chi connectivity index (χ0) is 17.1. The molecule has 0 spiro atoms. The standard InChI is InChI=1S/C16H16N2O5/c1-10-8-13(11(2)17(10)3)15(19)9-23-16(20)12-6-4-5-7-14(12)18(21)22/h4-8H,9H2,1-3H3. The maximum absolute atomic E-state index is 12.2. The summed E-state index contributed by atoms with van der Waals surface area (Å²) in [7, 11) is 1.83. The van der Waals surface area contributed by atoms with E-state index in [0.717, 1.165) is 11.4 Å². The predicted octanol–water partition coefficient (Wildman–Crippen LogP) is 2.59. The fraction of sp³-hybridized carbons (Fsp3) is 0.250. The SMILES string of the molecule is Cc1cc(C(=O)COC(=O)c2ccccc2[N+](=O)[O-])c(C)n1C. The number of carbonyl (C=O) groups excluding carboxylic acids is 2. The van der Waals surface area contributed by atoms with Crippen LogP contribution in [0.4, 0.5) is 5.69 Å². The van der Waals surface area contributed by atoms with Crippen LogP contribution in [0.2, 0.25) is 0 Å². The van der Waals surface area contributed by atoms with E-state index in [1.54, 1.807) is 13.0 Å². The van der Waals surface area contributed by atoms with E-state index in [0.29, 0.717) is 5.56 Å². The molecule has 0 atom stereocenters. The Kier molecular flexibility index (Phi) is 4.59. The van der Waals surface area contributed by atoms with Crippen molar-refractivity contribution in [1.29, 1.82) is 0 Å². The van der Waals surface area contributed by atoms with E-state index in [1.807, 2.05) is 18.5 Å². The molecule has 2 aromatic rings. The lowest BCUT2D eigenvalue weighted by Crippen LogP contribution is -2.15. The van der Waals surface area contributed by atoms with Gasteiger partial charge in [0.25, 0.3) is 5.69 Å². The van der Waals surface area contributed by atoms with Crippen molar-refractivity contribution in [3.8, 4) is 0 Å². The minimum Gasteiger partial charge on any atom is -0.454 e. The van der Waals surface area contributed by atoms with Crippen LogP contribution in [0, 0.1) is 24.0 Å². The quantitative estimate of drug-likeness (QED) is 0.366. The van der Waals surface area contributed by atoms with Crippen molar-refractivity contribution in [2.75, 3.05) is 6.61 Å². The number of carbonyl (C=O) groups is 2. The smallest absolute Gasteiger partial charge is 0.345 e. The Hall–Kier alpha value is -2.96. The number of para-hydroxylation sites is 1. The molecule has 2 rings (SSSR count). The van der Waals surface area contributed by atoms with Crippen LogP contribution in [0.15, 0.2) is 30.3 Å². The molecule has 7 heteroatoms. The first-order valence-electron chi connectivity index (χ1n) is 6.89. The van der Waals surface area contributed by atoms with E-state index in [1.165, 1.54) is 24.3 Å². The Balaban J connectivity index is 2.12. The molecule has 1 heterocycles. The molecule has 1 aromatic carbocycles. The number of hydrogen-bond acceptors (Lipinski definition) is 5. The number of hydrogen-bond donors (Lipinski definition) is 0. The van der Waals surface area contributed by atoms with Crippen LogP contribution in [-0.4, -0.2) is 27.8 Å². The highest BCUT2D eigenvalue weighted by atomic mass is 16.6. The van der Waals surface area contributed by atoms with Gasteiger partial charge in [0, 0.05) is 30.1 Å². The molecule has 0 amide bonds. The zero-order valence-corrected chi connectivity index (χ0v) is 13.0. The summed E-state index contributed by atoms with van der Waals surface area (Å²) in [5, 5.41) is 10.9. The predicted molar refractivity (Wildman–Crippen MR) is 82.6 cm³/mol. The van der Waals surface area contributed by atoms with E-state index >= 15 is 0 Å². The summed E-state index contributed by atoms with van der Waals surface area (Å²) >= 11 is 0. The van der Waals surface area contributed by atoms with Gasteiger partial charge in [-0.1, -0.05) is 12.1 Å². The number of nitro groups is 1. The van der Waals surface area contributed by atoms with Crippen molar-refractivity contribution < 1.29 is 19.2 Å². The fourth-order valence-corrected chi connectivity index (χ4v) is 2.23. The van der Waals surface area contributed by atoms with Crippen molar-refractivity contribution in [1.82, 2.24) is 4.57 Å². The Labute approximate surface area is 132 Å². The number of benzene rings is 1. The summed E-state index contributed by atoms with van der Waals surface area (Å²) in [6.45, 7) is 3.20. The number of rotatable bonds is 5. The van der Waals surface area contributed by atoms with E-state index in [-0.39, 0.29) is 17.0 Å². The molecule has 0 aliphatic rings. The monoisotopic (exact) mass is 316 g/mol. The topological polar surface area (TPSA) is 91.4 Å². The second kappa shape index (κ2) is 6.43. The third-order valence-corrected chi connectivity index (χ3v) is 3.73. The van der Waals surface area contributed by atoms with Gasteiger partial charge in [-0.05, 0) is 26.0 Å². The van der Waals surface area contributed by atoms with Crippen LogP contribution in [-0.2, 0) is 11.8 Å². The summed E-state index contributed by atoms with van der Waals surface area (Å²) < 4.78 is 6.80. The highest BCUT2D eigenvalue weighted by molar-refractivity contribution is 6.01. The number of aromatic nitrogens is 1. The van der Waals surface area contributed by atoms with Crippen LogP contribution in [0.5, 0.6) is 0 Å². The molecule has 1 aromatic heterocycles. The lowest BCUT2D eigenvalue weighted by molar-refractivity contribution is -0.385. The van der Waals surface area contributed by atoms with Crippen LogP contribution in [0.25, 0.3) is 0 Å². The Morgan fingerprint density at radius 3 is 2.43 bits per heavy atom. The number of Topliss-reactive ketones (excluding diaryl/α,β-unsaturated/α-hetero) is 1. The number of nitro benzene ring substituents is 1. The fourth-order valence-electron chi connectivity index (χ4n) is 2.23. The normalized spacial score (nSPS) is 10.4. The van der Waals surface area contributed by atoms with Crippen LogP contribution in [0.1, 0.15) is 32.1 Å². The second-order valence-corrected chi connectivity index (χ2v) is 5.12. The molecule has 7 nitrogen and oxygen atoms in total. The molecule has 0 unspecified atom stereocenters. The number of aryl methyl sites for hydroxylation is 1. The van der Waals surface area contributed by atoms with Gasteiger partial charge < -0.3 is 9.30 Å². The van der Waals surface area contributed by atoms with Crippen molar-refractivity contribution >= 4 is 17.4 Å². The first kappa shape index (κ1) is 16.4. The Morgan fingerprint density at radius 1 is 1.22 bits per heavy atom. The van der Waals surface area contributed by atoms with Gasteiger partial charge in [-0.25, -0.2) is 4.79 Å². The third-order valence-electron chi connectivity index (χ3n) is 3.73. The van der Waals surface area contributed by atoms with Crippen molar-refractivity contribution in [2.24, 2.45) is 7.05 Å². The number of ketones is 1. The minimum atomic E-state index is -0.893. The van der Waals surface area contributed by atoms with Crippen molar-refractivity contribution in [3.05, 3.63) is 63.0 Å². The van der Waals surface area contributed by atoms with Gasteiger partial charge in [-0.2, -0.15) is 0 Å². The lowest BCUT2D eigenvalue weighted by atomic mass is 10.1. The van der Waals surface area contributed by atoms with Crippen LogP contribution < -0.4 is 0 Å². The van der Waals surface area contributed by atoms with Crippen molar-refractivity contribution in [3.63, 3.8) is 0 Å². The summed E-state index contributed by atoms with van der Waals surface area (Å²) in [4.78, 5) is 34.4. The molecule has 0 saturated carbocycles. The van der Waals surface area contributed by atoms with Gasteiger partial charge in [0.05, 0.1) is 4.92 Å². The molecule has 0 aliphatic heterocycles. The van der Waals surface area contributed by atoms with Gasteiger partial charge in [0.15, 0.2) is 6.61 Å². The van der Waals surface area contributed by atoms with E-state index < -0.39 is 17.5 Å².